The van der Waals surface area contributed by atoms with E-state index < -0.39 is 0 Å². The van der Waals surface area contributed by atoms with E-state index in [0.717, 1.165) is 24.3 Å². The molecule has 0 aliphatic carbocycles. The Balaban J connectivity index is 0. The van der Waals surface area contributed by atoms with Gasteiger partial charge in [0.1, 0.15) is 5.75 Å². The van der Waals surface area contributed by atoms with Gasteiger partial charge in [-0.05, 0) is 51.6 Å². The molecule has 0 spiro atoms. The van der Waals surface area contributed by atoms with Crippen molar-refractivity contribution in [3.05, 3.63) is 29.8 Å². The quantitative estimate of drug-likeness (QED) is 0.613. The van der Waals surface area contributed by atoms with E-state index in [9.17, 15) is 4.79 Å². The fourth-order valence-electron chi connectivity index (χ4n) is 1.92. The van der Waals surface area contributed by atoms with E-state index in [1.165, 1.54) is 0 Å². The number of halogens is 2. The zero-order chi connectivity index (χ0) is 16.4. The minimum absolute atomic E-state index is 0. The number of nitrogens with zero attached hydrogens (tertiary/aromatic N) is 1. The first-order valence-electron chi connectivity index (χ1n) is 7.86. The lowest BCUT2D eigenvalue weighted by molar-refractivity contribution is -0.121. The van der Waals surface area contributed by atoms with Crippen LogP contribution in [-0.2, 0) is 11.3 Å². The van der Waals surface area contributed by atoms with Crippen molar-refractivity contribution < 1.29 is 9.53 Å². The van der Waals surface area contributed by atoms with E-state index in [0.29, 0.717) is 26.0 Å². The minimum Gasteiger partial charge on any atom is -0.494 e. The Kier molecular flexibility index (Phi) is 15.1. The maximum Gasteiger partial charge on any atom is 0.220 e. The molecule has 1 aromatic rings. The van der Waals surface area contributed by atoms with Gasteiger partial charge in [0.25, 0.3) is 0 Å². The zero-order valence-electron chi connectivity index (χ0n) is 14.8. The average molecular weight is 380 g/mol. The van der Waals surface area contributed by atoms with E-state index in [2.05, 4.69) is 24.3 Å². The van der Waals surface area contributed by atoms with Crippen LogP contribution >= 0.6 is 24.8 Å². The maximum absolute atomic E-state index is 11.6. The first-order valence-corrected chi connectivity index (χ1v) is 7.86. The van der Waals surface area contributed by atoms with Gasteiger partial charge in [0.15, 0.2) is 0 Å². The van der Waals surface area contributed by atoms with Crippen LogP contribution in [0.1, 0.15) is 31.7 Å². The average Bonchev–Trinajstić information content (AvgIpc) is 2.48. The lowest BCUT2D eigenvalue weighted by Crippen LogP contribution is -2.25. The van der Waals surface area contributed by atoms with Crippen LogP contribution in [0.15, 0.2) is 24.3 Å². The highest BCUT2D eigenvalue weighted by molar-refractivity contribution is 5.85. The van der Waals surface area contributed by atoms with E-state index >= 15 is 0 Å². The molecule has 0 radical (unpaired) electrons. The summed E-state index contributed by atoms with van der Waals surface area (Å²) in [6, 6.07) is 7.91. The summed E-state index contributed by atoms with van der Waals surface area (Å²) < 4.78 is 5.67. The van der Waals surface area contributed by atoms with Gasteiger partial charge in [-0.15, -0.1) is 24.8 Å². The van der Waals surface area contributed by atoms with Gasteiger partial charge in [0.2, 0.25) is 5.91 Å². The molecule has 7 heteroatoms. The van der Waals surface area contributed by atoms with Gasteiger partial charge in [0, 0.05) is 25.6 Å². The standard InChI is InChI=1S/C17H29N3O2.2ClH/c1-14(18)5-10-17(21)19-13-15-6-8-16(9-7-15)22-12-4-11-20(2)3;;/h6-9,14H,4-5,10-13,18H2,1-3H3,(H,19,21);2*1H. The maximum atomic E-state index is 11.6. The molecule has 1 rings (SSSR count). The van der Waals surface area contributed by atoms with E-state index in [4.69, 9.17) is 10.5 Å². The molecule has 0 aliphatic heterocycles. The molecule has 5 nitrogen and oxygen atoms in total. The van der Waals surface area contributed by atoms with Crippen molar-refractivity contribution in [2.24, 2.45) is 5.73 Å². The monoisotopic (exact) mass is 379 g/mol. The van der Waals surface area contributed by atoms with Crippen LogP contribution in [0.25, 0.3) is 0 Å². The molecule has 0 bridgehead atoms. The second-order valence-electron chi connectivity index (χ2n) is 5.94. The first kappa shape index (κ1) is 25.2. The van der Waals surface area contributed by atoms with Crippen LogP contribution in [0.4, 0.5) is 0 Å². The van der Waals surface area contributed by atoms with Crippen LogP contribution in [0.5, 0.6) is 5.75 Å². The van der Waals surface area contributed by atoms with Crippen LogP contribution in [0, 0.1) is 0 Å². The van der Waals surface area contributed by atoms with Crippen LogP contribution in [-0.4, -0.2) is 44.1 Å². The molecule has 0 fully saturated rings. The summed E-state index contributed by atoms with van der Waals surface area (Å²) >= 11 is 0. The largest absolute Gasteiger partial charge is 0.494 e. The summed E-state index contributed by atoms with van der Waals surface area (Å²) in [6.45, 7) is 4.18. The Hall–Kier alpha value is -1.01. The number of carbonyl (C=O) groups excluding carboxylic acids is 1. The van der Waals surface area contributed by atoms with E-state index in [-0.39, 0.29) is 36.8 Å². The van der Waals surface area contributed by atoms with Gasteiger partial charge < -0.3 is 20.7 Å². The third-order valence-corrected chi connectivity index (χ3v) is 3.26. The lowest BCUT2D eigenvalue weighted by Gasteiger charge is -2.11. The SMILES string of the molecule is CC(N)CCC(=O)NCc1ccc(OCCCN(C)C)cc1.Cl.Cl. The Bertz CT molecular complexity index is 440. The van der Waals surface area contributed by atoms with Crippen molar-refractivity contribution in [1.82, 2.24) is 10.2 Å². The number of hydrogen-bond acceptors (Lipinski definition) is 4. The number of nitrogens with two attached hydrogens (primary N) is 1. The zero-order valence-corrected chi connectivity index (χ0v) is 16.4. The highest BCUT2D eigenvalue weighted by Gasteiger charge is 2.03. The van der Waals surface area contributed by atoms with Gasteiger partial charge in [-0.25, -0.2) is 0 Å². The number of ether oxygens (including phenoxy) is 1. The van der Waals surface area contributed by atoms with E-state index in [1.54, 1.807) is 0 Å². The summed E-state index contributed by atoms with van der Waals surface area (Å²) in [4.78, 5) is 13.8. The molecule has 0 aromatic heterocycles. The van der Waals surface area contributed by atoms with Crippen molar-refractivity contribution in [3.63, 3.8) is 0 Å². The summed E-state index contributed by atoms with van der Waals surface area (Å²) in [5.41, 5.74) is 6.70. The fraction of sp³-hybridized carbons (Fsp3) is 0.588. The van der Waals surface area contributed by atoms with Crippen LogP contribution in [0.2, 0.25) is 0 Å². The third-order valence-electron chi connectivity index (χ3n) is 3.26. The van der Waals surface area contributed by atoms with Crippen molar-refractivity contribution >= 4 is 30.7 Å². The molecule has 0 saturated carbocycles. The minimum atomic E-state index is 0. The molecule has 1 unspecified atom stereocenters. The predicted octanol–water partition coefficient (Wildman–Crippen LogP) is 2.60. The van der Waals surface area contributed by atoms with Gasteiger partial charge in [-0.1, -0.05) is 12.1 Å². The summed E-state index contributed by atoms with van der Waals surface area (Å²) in [5, 5.41) is 2.90. The Labute approximate surface area is 158 Å². The van der Waals surface area contributed by atoms with Gasteiger partial charge >= 0.3 is 0 Å². The topological polar surface area (TPSA) is 67.6 Å². The third kappa shape index (κ3) is 12.4. The molecular formula is C17H31Cl2N3O2. The first-order chi connectivity index (χ1) is 10.5. The van der Waals surface area contributed by atoms with E-state index in [1.807, 2.05) is 31.2 Å². The van der Waals surface area contributed by atoms with Gasteiger partial charge in [0.05, 0.1) is 6.61 Å². The number of benzene rings is 1. The fourth-order valence-corrected chi connectivity index (χ4v) is 1.92. The number of nitrogens with one attached hydrogen (secondary N) is 1. The summed E-state index contributed by atoms with van der Waals surface area (Å²) in [5.74, 6) is 0.909. The van der Waals surface area contributed by atoms with Crippen molar-refractivity contribution in [2.75, 3.05) is 27.2 Å². The number of rotatable bonds is 10. The molecule has 0 saturated heterocycles. The van der Waals surface area contributed by atoms with Crippen molar-refractivity contribution in [3.8, 4) is 5.75 Å². The van der Waals surface area contributed by atoms with Gasteiger partial charge in [-0.3, -0.25) is 4.79 Å². The highest BCUT2D eigenvalue weighted by Crippen LogP contribution is 2.12. The summed E-state index contributed by atoms with van der Waals surface area (Å²) in [6.07, 6.45) is 2.20. The Morgan fingerprint density at radius 1 is 1.25 bits per heavy atom. The molecule has 1 amide bonds. The smallest absolute Gasteiger partial charge is 0.220 e. The molecule has 140 valence electrons. The molecule has 1 aromatic carbocycles. The normalized spacial score (nSPS) is 11.2. The van der Waals surface area contributed by atoms with Crippen LogP contribution < -0.4 is 15.8 Å². The second kappa shape index (κ2) is 14.3. The predicted molar refractivity (Wildman–Crippen MR) is 104 cm³/mol. The summed E-state index contributed by atoms with van der Waals surface area (Å²) in [7, 11) is 4.11. The molecule has 0 aliphatic rings. The molecule has 0 heterocycles. The lowest BCUT2D eigenvalue weighted by atomic mass is 10.2. The molecule has 1 atom stereocenters. The highest BCUT2D eigenvalue weighted by atomic mass is 35.5. The number of hydrogen-bond donors (Lipinski definition) is 2. The Morgan fingerprint density at radius 2 is 1.88 bits per heavy atom. The van der Waals surface area contributed by atoms with Crippen LogP contribution in [0.3, 0.4) is 0 Å². The van der Waals surface area contributed by atoms with Gasteiger partial charge in [-0.2, -0.15) is 0 Å². The second-order valence-corrected chi connectivity index (χ2v) is 5.94. The Morgan fingerprint density at radius 3 is 2.42 bits per heavy atom. The molecule has 3 N–H and O–H groups in total. The number of carbonyl (C=O) groups is 1. The van der Waals surface area contributed by atoms with Crippen molar-refractivity contribution in [1.29, 1.82) is 0 Å². The number of amides is 1. The van der Waals surface area contributed by atoms with Crippen molar-refractivity contribution in [2.45, 2.75) is 38.8 Å². The molecule has 24 heavy (non-hydrogen) atoms. The molecular weight excluding hydrogens is 349 g/mol.